The predicted molar refractivity (Wildman–Crippen MR) is 133 cm³/mol. The summed E-state index contributed by atoms with van der Waals surface area (Å²) in [5.74, 6) is 1.07. The first-order valence-electron chi connectivity index (χ1n) is 9.16. The molecule has 1 heterocycles. The van der Waals surface area contributed by atoms with Gasteiger partial charge in [0, 0.05) is 41.1 Å². The Morgan fingerprint density at radius 1 is 1.03 bits per heavy atom. The quantitative estimate of drug-likeness (QED) is 0.345. The number of hydrogen-bond acceptors (Lipinski definition) is 4. The van der Waals surface area contributed by atoms with E-state index in [1.54, 1.807) is 29.5 Å². The van der Waals surface area contributed by atoms with E-state index in [4.69, 9.17) is 23.2 Å². The highest BCUT2D eigenvalue weighted by atomic mass is 35.5. The Kier molecular flexibility index (Phi) is 26.0. The number of carbonyl (C=O) groups excluding carboxylic acids is 1. The summed E-state index contributed by atoms with van der Waals surface area (Å²) in [6.07, 6.45) is 11.7. The van der Waals surface area contributed by atoms with Crippen LogP contribution in [0.15, 0.2) is 47.6 Å². The average molecular weight is 458 g/mol. The molecule has 0 aliphatic rings. The van der Waals surface area contributed by atoms with Gasteiger partial charge in [0.2, 0.25) is 6.41 Å². The highest BCUT2D eigenvalue weighted by Crippen LogP contribution is 2.21. The molecule has 0 aliphatic heterocycles. The van der Waals surface area contributed by atoms with Gasteiger partial charge in [-0.1, -0.05) is 57.0 Å². The van der Waals surface area contributed by atoms with Crippen molar-refractivity contribution in [1.82, 2.24) is 10.6 Å². The third-order valence-corrected chi connectivity index (χ3v) is 4.05. The number of rotatable bonds is 6. The van der Waals surface area contributed by atoms with Gasteiger partial charge in [-0.25, -0.2) is 0 Å². The predicted octanol–water partition coefficient (Wildman–Crippen LogP) is 6.43. The molecule has 0 bridgehead atoms. The molecule has 0 saturated heterocycles. The van der Waals surface area contributed by atoms with E-state index in [9.17, 15) is 4.79 Å². The molecular weight excluding hydrogens is 425 g/mol. The Labute approximate surface area is 190 Å². The lowest BCUT2D eigenvalue weighted by Gasteiger charge is -2.03. The van der Waals surface area contributed by atoms with E-state index in [1.165, 1.54) is 4.88 Å². The van der Waals surface area contributed by atoms with Crippen LogP contribution in [0.25, 0.3) is 0 Å². The van der Waals surface area contributed by atoms with E-state index in [2.05, 4.69) is 52.4 Å². The van der Waals surface area contributed by atoms with Crippen molar-refractivity contribution in [2.75, 3.05) is 19.4 Å². The second kappa shape index (κ2) is 23.9. The minimum atomic E-state index is 0.502. The summed E-state index contributed by atoms with van der Waals surface area (Å²) < 4.78 is 0. The molecule has 0 radical (unpaired) electrons. The summed E-state index contributed by atoms with van der Waals surface area (Å²) in [7, 11) is 3.83. The van der Waals surface area contributed by atoms with Crippen LogP contribution in [0.3, 0.4) is 0 Å². The van der Waals surface area contributed by atoms with Gasteiger partial charge in [0.15, 0.2) is 0 Å². The molecule has 1 amide bonds. The van der Waals surface area contributed by atoms with Crippen LogP contribution >= 0.6 is 34.5 Å². The molecule has 29 heavy (non-hydrogen) atoms. The number of amides is 1. The van der Waals surface area contributed by atoms with E-state index in [-0.39, 0.29) is 0 Å². The number of terminal acetylenes is 1. The summed E-state index contributed by atoms with van der Waals surface area (Å²) in [6.45, 7) is 8.00. The molecule has 162 valence electrons. The minimum Gasteiger partial charge on any atom is -0.375 e. The van der Waals surface area contributed by atoms with Gasteiger partial charge in [-0.05, 0) is 35.7 Å². The van der Waals surface area contributed by atoms with Crippen LogP contribution in [0.2, 0.25) is 10.0 Å². The standard InChI is InChI=1S/C9H14N2S.C7H5Cl2NO.2C2H6.C2H2/c1-10-9(11-2)6-5-8-4-3-7-12-8;8-5-1-6(9)3-7(2-5)10-4-11;3*1-2/h3-4,6-7,10-11H,5H2,1-2H3;1-4H,(H,10,11);2*1-2H3;1-2H. The number of halogens is 2. The Morgan fingerprint density at radius 3 is 1.93 bits per heavy atom. The van der Waals surface area contributed by atoms with Crippen molar-refractivity contribution in [1.29, 1.82) is 0 Å². The topological polar surface area (TPSA) is 53.2 Å². The monoisotopic (exact) mass is 457 g/mol. The van der Waals surface area contributed by atoms with Crippen molar-refractivity contribution in [3.63, 3.8) is 0 Å². The summed E-state index contributed by atoms with van der Waals surface area (Å²) in [6, 6.07) is 9.04. The zero-order valence-corrected chi connectivity index (χ0v) is 20.4. The highest BCUT2D eigenvalue weighted by molar-refractivity contribution is 7.09. The number of nitrogens with one attached hydrogen (secondary N) is 3. The van der Waals surface area contributed by atoms with Gasteiger partial charge in [0.05, 0.1) is 5.82 Å². The first-order valence-corrected chi connectivity index (χ1v) is 10.8. The van der Waals surface area contributed by atoms with Crippen molar-refractivity contribution in [3.8, 4) is 12.8 Å². The first-order chi connectivity index (χ1) is 14.1. The number of hydrogen-bond donors (Lipinski definition) is 3. The van der Waals surface area contributed by atoms with Crippen LogP contribution in [0.1, 0.15) is 32.6 Å². The maximum atomic E-state index is 10.00. The molecular formula is C22H33Cl2N3OS. The zero-order chi connectivity index (χ0) is 23.1. The van der Waals surface area contributed by atoms with Crippen molar-refractivity contribution >= 4 is 46.6 Å². The Bertz CT molecular complexity index is 646. The second-order valence-corrected chi connectivity index (χ2v) is 6.23. The van der Waals surface area contributed by atoms with E-state index < -0.39 is 0 Å². The normalized spacial score (nSPS) is 7.79. The van der Waals surface area contributed by atoms with Gasteiger partial charge in [-0.2, -0.15) is 0 Å². The number of allylic oxidation sites excluding steroid dienone is 1. The minimum absolute atomic E-state index is 0.502. The maximum absolute atomic E-state index is 10.00. The lowest BCUT2D eigenvalue weighted by atomic mass is 10.3. The van der Waals surface area contributed by atoms with E-state index in [0.717, 1.165) is 12.2 Å². The molecule has 3 N–H and O–H groups in total. The van der Waals surface area contributed by atoms with Crippen LogP contribution in [0.5, 0.6) is 0 Å². The molecule has 2 aromatic rings. The Balaban J connectivity index is -0.000000371. The lowest BCUT2D eigenvalue weighted by Crippen LogP contribution is -2.19. The fourth-order valence-electron chi connectivity index (χ4n) is 1.67. The van der Waals surface area contributed by atoms with Gasteiger partial charge >= 0.3 is 0 Å². The second-order valence-electron chi connectivity index (χ2n) is 4.32. The van der Waals surface area contributed by atoms with Gasteiger partial charge in [0.1, 0.15) is 0 Å². The van der Waals surface area contributed by atoms with Crippen LogP contribution in [0.4, 0.5) is 5.69 Å². The summed E-state index contributed by atoms with van der Waals surface area (Å²) >= 11 is 13.1. The van der Waals surface area contributed by atoms with Crippen molar-refractivity contribution in [2.24, 2.45) is 0 Å². The van der Waals surface area contributed by atoms with Gasteiger partial charge in [0.25, 0.3) is 0 Å². The number of carbonyl (C=O) groups is 1. The molecule has 1 aromatic heterocycles. The summed E-state index contributed by atoms with van der Waals surface area (Å²) in [4.78, 5) is 11.4. The SMILES string of the molecule is C#C.CC.CC.CNC(=CCc1cccs1)NC.O=CNc1cc(Cl)cc(Cl)c1. The average Bonchev–Trinajstić information content (AvgIpc) is 3.27. The molecule has 1 aromatic carbocycles. The van der Waals surface area contributed by atoms with Crippen LogP contribution in [-0.4, -0.2) is 20.5 Å². The first kappa shape index (κ1) is 31.6. The Hall–Kier alpha value is -2.13. The summed E-state index contributed by atoms with van der Waals surface area (Å²) in [5.41, 5.74) is 0.595. The van der Waals surface area contributed by atoms with Crippen molar-refractivity contribution in [2.45, 2.75) is 34.1 Å². The smallest absolute Gasteiger partial charge is 0.211 e. The number of thiophene rings is 1. The number of benzene rings is 1. The largest absolute Gasteiger partial charge is 0.375 e. The lowest BCUT2D eigenvalue weighted by molar-refractivity contribution is -0.105. The van der Waals surface area contributed by atoms with Crippen LogP contribution in [-0.2, 0) is 11.2 Å². The third-order valence-electron chi connectivity index (χ3n) is 2.71. The van der Waals surface area contributed by atoms with E-state index in [0.29, 0.717) is 22.1 Å². The van der Waals surface area contributed by atoms with Crippen molar-refractivity contribution in [3.05, 3.63) is 62.5 Å². The maximum Gasteiger partial charge on any atom is 0.211 e. The van der Waals surface area contributed by atoms with Crippen LogP contribution < -0.4 is 16.0 Å². The van der Waals surface area contributed by atoms with Gasteiger partial charge in [-0.15, -0.1) is 24.2 Å². The fourth-order valence-corrected chi connectivity index (χ4v) is 2.86. The molecule has 2 rings (SSSR count). The molecule has 0 fully saturated rings. The molecule has 0 saturated carbocycles. The Morgan fingerprint density at radius 2 is 1.55 bits per heavy atom. The van der Waals surface area contributed by atoms with Gasteiger partial charge in [-0.3, -0.25) is 4.79 Å². The molecule has 4 nitrogen and oxygen atoms in total. The molecule has 7 heteroatoms. The molecule has 0 aliphatic carbocycles. The molecule has 0 spiro atoms. The summed E-state index contributed by atoms with van der Waals surface area (Å²) in [5, 5.41) is 11.7. The zero-order valence-electron chi connectivity index (χ0n) is 18.1. The highest BCUT2D eigenvalue weighted by Gasteiger charge is 1.95. The third kappa shape index (κ3) is 17.7. The van der Waals surface area contributed by atoms with E-state index in [1.807, 2.05) is 41.8 Å². The van der Waals surface area contributed by atoms with Crippen molar-refractivity contribution < 1.29 is 4.79 Å². The van der Waals surface area contributed by atoms with E-state index >= 15 is 0 Å². The molecule has 0 atom stereocenters. The number of anilines is 1. The van der Waals surface area contributed by atoms with Gasteiger partial charge < -0.3 is 16.0 Å². The molecule has 0 unspecified atom stereocenters. The van der Waals surface area contributed by atoms with Crippen LogP contribution in [0, 0.1) is 12.8 Å². The fraction of sp³-hybridized carbons (Fsp3) is 0.318.